The first kappa shape index (κ1) is 19.0. The minimum atomic E-state index is -0.261. The maximum Gasteiger partial charge on any atom is 0.266 e. The normalized spacial score (nSPS) is 10.8. The van der Waals surface area contributed by atoms with Crippen LogP contribution >= 0.6 is 23.8 Å². The van der Waals surface area contributed by atoms with Gasteiger partial charge in [0.2, 0.25) is 0 Å². The molecule has 0 fully saturated rings. The number of nitrogens with one attached hydrogen (secondary N) is 2. The van der Waals surface area contributed by atoms with Crippen LogP contribution in [0.15, 0.2) is 71.8 Å². The summed E-state index contributed by atoms with van der Waals surface area (Å²) in [6.07, 6.45) is 3.18. The van der Waals surface area contributed by atoms with E-state index in [-0.39, 0.29) is 16.2 Å². The predicted octanol–water partition coefficient (Wildman–Crippen LogP) is 4.03. The van der Waals surface area contributed by atoms with E-state index in [2.05, 4.69) is 15.3 Å². The Bertz CT molecular complexity index is 1310. The molecule has 0 aliphatic rings. The molecule has 2 aromatic carbocycles. The number of carbonyl (C=O) groups is 1. The van der Waals surface area contributed by atoms with Crippen LogP contribution in [0.3, 0.4) is 0 Å². The van der Waals surface area contributed by atoms with Gasteiger partial charge in [0.25, 0.3) is 11.5 Å². The molecule has 0 saturated heterocycles. The van der Waals surface area contributed by atoms with Gasteiger partial charge in [0.15, 0.2) is 4.77 Å². The Hall–Kier alpha value is -3.29. The summed E-state index contributed by atoms with van der Waals surface area (Å²) >= 11 is 11.2. The maximum atomic E-state index is 12.9. The Morgan fingerprint density at radius 3 is 2.55 bits per heavy atom. The van der Waals surface area contributed by atoms with Gasteiger partial charge >= 0.3 is 0 Å². The molecule has 0 saturated carbocycles. The molecule has 2 heterocycles. The zero-order valence-corrected chi connectivity index (χ0v) is 16.6. The first-order valence-corrected chi connectivity index (χ1v) is 9.54. The summed E-state index contributed by atoms with van der Waals surface area (Å²) in [7, 11) is 0. The number of hydrogen-bond donors (Lipinski definition) is 2. The smallest absolute Gasteiger partial charge is 0.266 e. The monoisotopic (exact) mass is 422 g/mol. The highest BCUT2D eigenvalue weighted by Crippen LogP contribution is 2.14. The van der Waals surface area contributed by atoms with Crippen molar-refractivity contribution in [1.29, 1.82) is 0 Å². The van der Waals surface area contributed by atoms with Crippen molar-refractivity contribution in [2.45, 2.75) is 6.54 Å². The molecular formula is C21H15ClN4O2S. The molecule has 29 heavy (non-hydrogen) atoms. The van der Waals surface area contributed by atoms with E-state index in [1.165, 1.54) is 4.57 Å². The molecule has 4 aromatic rings. The van der Waals surface area contributed by atoms with E-state index < -0.39 is 0 Å². The van der Waals surface area contributed by atoms with Gasteiger partial charge in [0.05, 0.1) is 16.6 Å². The molecule has 0 atom stereocenters. The van der Waals surface area contributed by atoms with Gasteiger partial charge in [-0.2, -0.15) is 0 Å². The molecule has 0 aliphatic carbocycles. The molecule has 0 spiro atoms. The van der Waals surface area contributed by atoms with Gasteiger partial charge in [0, 0.05) is 29.5 Å². The van der Waals surface area contributed by atoms with Gasteiger partial charge in [-0.1, -0.05) is 23.7 Å². The van der Waals surface area contributed by atoms with Crippen LogP contribution in [-0.4, -0.2) is 20.4 Å². The van der Waals surface area contributed by atoms with Crippen molar-refractivity contribution in [3.05, 3.63) is 98.3 Å². The Morgan fingerprint density at radius 1 is 1.10 bits per heavy atom. The molecule has 0 radical (unpaired) electrons. The number of aromatic nitrogens is 3. The average molecular weight is 423 g/mol. The highest BCUT2D eigenvalue weighted by atomic mass is 35.5. The lowest BCUT2D eigenvalue weighted by molar-refractivity contribution is 0.0951. The Labute approximate surface area is 175 Å². The quantitative estimate of drug-likeness (QED) is 0.487. The number of aromatic amines is 1. The van der Waals surface area contributed by atoms with Crippen LogP contribution < -0.4 is 10.9 Å². The number of benzene rings is 2. The number of pyridine rings is 1. The van der Waals surface area contributed by atoms with Crippen molar-refractivity contribution in [1.82, 2.24) is 19.9 Å². The summed E-state index contributed by atoms with van der Waals surface area (Å²) in [5.74, 6) is -0.250. The minimum absolute atomic E-state index is 0.243. The number of halogens is 1. The number of fused-ring (bicyclic) bond motifs is 1. The lowest BCUT2D eigenvalue weighted by Gasteiger charge is -2.09. The Kier molecular flexibility index (Phi) is 5.24. The van der Waals surface area contributed by atoms with Crippen LogP contribution in [0.25, 0.3) is 16.6 Å². The third-order valence-electron chi connectivity index (χ3n) is 4.45. The average Bonchev–Trinajstić information content (AvgIpc) is 2.73. The molecular weight excluding hydrogens is 408 g/mol. The molecule has 1 amide bonds. The fourth-order valence-electron chi connectivity index (χ4n) is 2.97. The van der Waals surface area contributed by atoms with Crippen molar-refractivity contribution in [3.63, 3.8) is 0 Å². The number of carbonyl (C=O) groups excluding carboxylic acids is 1. The van der Waals surface area contributed by atoms with E-state index in [1.807, 2.05) is 12.1 Å². The number of hydrogen-bond acceptors (Lipinski definition) is 4. The largest absolute Gasteiger partial charge is 0.348 e. The van der Waals surface area contributed by atoms with Crippen molar-refractivity contribution in [2.75, 3.05) is 0 Å². The summed E-state index contributed by atoms with van der Waals surface area (Å²) in [6, 6.07) is 15.5. The first-order valence-electron chi connectivity index (χ1n) is 8.75. The van der Waals surface area contributed by atoms with Crippen LogP contribution in [0.5, 0.6) is 0 Å². The minimum Gasteiger partial charge on any atom is -0.348 e. The Morgan fingerprint density at radius 2 is 1.83 bits per heavy atom. The lowest BCUT2D eigenvalue weighted by atomic mass is 10.1. The lowest BCUT2D eigenvalue weighted by Crippen LogP contribution is -2.24. The molecule has 0 unspecified atom stereocenters. The standard InChI is InChI=1S/C21H15ClN4O2S/c22-15-4-1-13(2-5-15)12-24-19(27)14-3-6-17-18(11-14)25-21(29)26(20(17)28)16-7-9-23-10-8-16/h1-11H,12H2,(H,24,27)(H,25,29). The van der Waals surface area contributed by atoms with Crippen molar-refractivity contribution in [3.8, 4) is 5.69 Å². The highest BCUT2D eigenvalue weighted by molar-refractivity contribution is 7.71. The SMILES string of the molecule is O=C(NCc1ccc(Cl)cc1)c1ccc2c(=O)n(-c3ccncc3)c(=S)[nH]c2c1. The van der Waals surface area contributed by atoms with E-state index in [0.29, 0.717) is 33.7 Å². The second kappa shape index (κ2) is 7.98. The van der Waals surface area contributed by atoms with Crippen molar-refractivity contribution in [2.24, 2.45) is 0 Å². The molecule has 0 bridgehead atoms. The van der Waals surface area contributed by atoms with Gasteiger partial charge in [-0.25, -0.2) is 0 Å². The van der Waals surface area contributed by atoms with Crippen LogP contribution in [0.4, 0.5) is 0 Å². The molecule has 144 valence electrons. The van der Waals surface area contributed by atoms with Crippen molar-refractivity contribution >= 4 is 40.6 Å². The second-order valence-electron chi connectivity index (χ2n) is 6.35. The first-order chi connectivity index (χ1) is 14.0. The van der Waals surface area contributed by atoms with Gasteiger partial charge in [-0.15, -0.1) is 0 Å². The summed E-state index contributed by atoms with van der Waals surface area (Å²) in [4.78, 5) is 32.4. The van der Waals surface area contributed by atoms with E-state index >= 15 is 0 Å². The van der Waals surface area contributed by atoms with Gasteiger partial charge in [0.1, 0.15) is 0 Å². The molecule has 2 aromatic heterocycles. The summed E-state index contributed by atoms with van der Waals surface area (Å²) in [5, 5.41) is 3.93. The highest BCUT2D eigenvalue weighted by Gasteiger charge is 2.11. The summed E-state index contributed by atoms with van der Waals surface area (Å²) < 4.78 is 1.65. The number of rotatable bonds is 4. The zero-order valence-electron chi connectivity index (χ0n) is 15.1. The summed E-state index contributed by atoms with van der Waals surface area (Å²) in [5.41, 5.74) is 2.23. The third kappa shape index (κ3) is 3.96. The van der Waals surface area contributed by atoms with Gasteiger partial charge < -0.3 is 10.3 Å². The van der Waals surface area contributed by atoms with E-state index in [1.54, 1.807) is 54.9 Å². The van der Waals surface area contributed by atoms with Gasteiger partial charge in [-0.3, -0.25) is 19.1 Å². The number of nitrogens with zero attached hydrogens (tertiary/aromatic N) is 2. The summed E-state index contributed by atoms with van der Waals surface area (Å²) in [6.45, 7) is 0.369. The zero-order chi connectivity index (χ0) is 20.4. The molecule has 4 rings (SSSR count). The predicted molar refractivity (Wildman–Crippen MR) is 115 cm³/mol. The topological polar surface area (TPSA) is 79.8 Å². The molecule has 6 nitrogen and oxygen atoms in total. The molecule has 8 heteroatoms. The maximum absolute atomic E-state index is 12.9. The fraction of sp³-hybridized carbons (Fsp3) is 0.0476. The van der Waals surface area contributed by atoms with E-state index in [0.717, 1.165) is 5.56 Å². The molecule has 2 N–H and O–H groups in total. The van der Waals surface area contributed by atoms with Crippen LogP contribution in [0.2, 0.25) is 5.02 Å². The van der Waals surface area contributed by atoms with Crippen LogP contribution in [-0.2, 0) is 6.54 Å². The van der Waals surface area contributed by atoms with E-state index in [9.17, 15) is 9.59 Å². The van der Waals surface area contributed by atoms with Gasteiger partial charge in [-0.05, 0) is 60.2 Å². The number of amides is 1. The molecule has 0 aliphatic heterocycles. The number of H-pyrrole nitrogens is 1. The Balaban J connectivity index is 1.64. The van der Waals surface area contributed by atoms with E-state index in [4.69, 9.17) is 23.8 Å². The van der Waals surface area contributed by atoms with Crippen LogP contribution in [0, 0.1) is 4.77 Å². The van der Waals surface area contributed by atoms with Crippen LogP contribution in [0.1, 0.15) is 15.9 Å². The fourth-order valence-corrected chi connectivity index (χ4v) is 3.40. The second-order valence-corrected chi connectivity index (χ2v) is 7.17. The third-order valence-corrected chi connectivity index (χ3v) is 4.98. The van der Waals surface area contributed by atoms with Crippen molar-refractivity contribution < 1.29 is 4.79 Å².